The van der Waals surface area contributed by atoms with Gasteiger partial charge in [-0.05, 0) is 53.5 Å². The number of benzene rings is 3. The molecule has 2 heterocycles. The first-order valence-electron chi connectivity index (χ1n) is 14.0. The number of rotatable bonds is 12. The van der Waals surface area contributed by atoms with Gasteiger partial charge < -0.3 is 10.0 Å². The number of nitrogens with zero attached hydrogens (tertiary/aromatic N) is 2. The molecule has 0 fully saturated rings. The van der Waals surface area contributed by atoms with Gasteiger partial charge in [0.05, 0.1) is 27.8 Å². The molecule has 0 atom stereocenters. The lowest BCUT2D eigenvalue weighted by Gasteiger charge is -2.20. The van der Waals surface area contributed by atoms with E-state index >= 15 is 0 Å². The van der Waals surface area contributed by atoms with Crippen LogP contribution >= 0.6 is 23.1 Å². The minimum atomic E-state index is -4.23. The molecule has 0 aliphatic carbocycles. The van der Waals surface area contributed by atoms with Crippen molar-refractivity contribution in [3.05, 3.63) is 94.0 Å². The molecular formula is C31H31N2O8S4+. The zero-order chi connectivity index (χ0) is 32.4. The van der Waals surface area contributed by atoms with Crippen molar-refractivity contribution in [3.8, 4) is 11.1 Å². The molecule has 3 N–H and O–H groups in total. The summed E-state index contributed by atoms with van der Waals surface area (Å²) in [5.74, 6) is -1.98. The predicted octanol–water partition coefficient (Wildman–Crippen LogP) is 5.97. The van der Waals surface area contributed by atoms with Gasteiger partial charge in [-0.15, -0.1) is 0 Å². The Morgan fingerprint density at radius 1 is 0.933 bits per heavy atom. The van der Waals surface area contributed by atoms with Crippen molar-refractivity contribution in [2.45, 2.75) is 31.2 Å². The smallest absolute Gasteiger partial charge is 0.335 e. The molecule has 236 valence electrons. The van der Waals surface area contributed by atoms with Crippen LogP contribution in [0.25, 0.3) is 27.4 Å². The molecule has 1 aliphatic heterocycles. The maximum absolute atomic E-state index is 11.8. The Morgan fingerprint density at radius 2 is 1.67 bits per heavy atom. The van der Waals surface area contributed by atoms with E-state index in [1.165, 1.54) is 29.2 Å². The lowest BCUT2D eigenvalue weighted by Crippen LogP contribution is -2.36. The fourth-order valence-electron chi connectivity index (χ4n) is 5.00. The number of aryl methyl sites for hydroxylation is 1. The van der Waals surface area contributed by atoms with Gasteiger partial charge in [0.1, 0.15) is 4.70 Å². The van der Waals surface area contributed by atoms with E-state index in [1.807, 2.05) is 77.1 Å². The third kappa shape index (κ3) is 8.20. The summed E-state index contributed by atoms with van der Waals surface area (Å²) in [6.45, 7) is 2.24. The minimum Gasteiger partial charge on any atom is -0.478 e. The van der Waals surface area contributed by atoms with Gasteiger partial charge in [0.2, 0.25) is 5.52 Å². The number of fused-ring (bicyclic) bond motifs is 2. The molecule has 3 aromatic carbocycles. The van der Waals surface area contributed by atoms with Gasteiger partial charge in [-0.2, -0.15) is 21.4 Å². The van der Waals surface area contributed by atoms with Crippen molar-refractivity contribution in [2.75, 3.05) is 23.0 Å². The van der Waals surface area contributed by atoms with Crippen LogP contribution in [-0.4, -0.2) is 55.1 Å². The fourth-order valence-corrected chi connectivity index (χ4v) is 8.19. The molecule has 0 amide bonds. The van der Waals surface area contributed by atoms with E-state index in [0.29, 0.717) is 11.9 Å². The Kier molecular flexibility index (Phi) is 9.82. The number of aromatic carboxylic acids is 1. The Hall–Kier alpha value is -3.53. The highest BCUT2D eigenvalue weighted by Crippen LogP contribution is 2.48. The van der Waals surface area contributed by atoms with E-state index in [9.17, 15) is 35.8 Å². The molecule has 0 radical (unpaired) electrons. The summed E-state index contributed by atoms with van der Waals surface area (Å²) in [6, 6.07) is 20.6. The summed E-state index contributed by atoms with van der Waals surface area (Å²) in [5.41, 5.74) is 4.43. The van der Waals surface area contributed by atoms with Gasteiger partial charge in [-0.25, -0.2) is 4.79 Å². The number of hydrogen-bond acceptors (Lipinski definition) is 8. The summed E-state index contributed by atoms with van der Waals surface area (Å²) in [5, 5.41) is 11.1. The number of carbonyl (C=O) groups is 1. The van der Waals surface area contributed by atoms with E-state index in [-0.39, 0.29) is 25.1 Å². The van der Waals surface area contributed by atoms with Crippen LogP contribution in [0.15, 0.2) is 88.3 Å². The number of hydrogen-bond donors (Lipinski definition) is 3. The van der Waals surface area contributed by atoms with Crippen molar-refractivity contribution < 1.29 is 40.4 Å². The zero-order valence-electron chi connectivity index (χ0n) is 24.2. The van der Waals surface area contributed by atoms with Crippen LogP contribution in [0, 0.1) is 0 Å². The van der Waals surface area contributed by atoms with E-state index in [4.69, 9.17) is 0 Å². The number of allylic oxidation sites excluding steroid dienone is 2. The topological polar surface area (TPSA) is 153 Å². The van der Waals surface area contributed by atoms with E-state index in [2.05, 4.69) is 0 Å². The number of thioether (sulfide) groups is 1. The second kappa shape index (κ2) is 13.4. The second-order valence-electron chi connectivity index (χ2n) is 10.4. The van der Waals surface area contributed by atoms with Crippen molar-refractivity contribution in [1.82, 2.24) is 0 Å². The summed E-state index contributed by atoms with van der Waals surface area (Å²) in [7, 11) is -8.40. The van der Waals surface area contributed by atoms with E-state index in [0.717, 1.165) is 42.0 Å². The van der Waals surface area contributed by atoms with Crippen molar-refractivity contribution in [2.24, 2.45) is 0 Å². The van der Waals surface area contributed by atoms with Crippen molar-refractivity contribution in [1.29, 1.82) is 0 Å². The molecule has 5 rings (SSSR count). The maximum atomic E-state index is 11.8. The van der Waals surface area contributed by atoms with Gasteiger partial charge in [0.15, 0.2) is 6.54 Å². The Bertz CT molecular complexity index is 2040. The number of thiazole rings is 1. The number of carboxylic acid groups (broad SMARTS) is 1. The van der Waals surface area contributed by atoms with Crippen molar-refractivity contribution >= 4 is 71.3 Å². The summed E-state index contributed by atoms with van der Waals surface area (Å²) >= 11 is 2.92. The molecule has 0 unspecified atom stereocenters. The first kappa shape index (κ1) is 32.9. The third-order valence-corrected chi connectivity index (χ3v) is 10.9. The number of aromatic nitrogens is 1. The first-order valence-corrected chi connectivity index (χ1v) is 18.8. The Morgan fingerprint density at radius 3 is 2.33 bits per heavy atom. The van der Waals surface area contributed by atoms with E-state index < -0.39 is 37.7 Å². The minimum absolute atomic E-state index is 0.0381. The largest absolute Gasteiger partial charge is 0.478 e. The fraction of sp³-hybridized carbons (Fsp3) is 0.226. The molecule has 4 aromatic rings. The van der Waals surface area contributed by atoms with Gasteiger partial charge in [0.25, 0.3) is 25.2 Å². The maximum Gasteiger partial charge on any atom is 0.335 e. The van der Waals surface area contributed by atoms with Crippen LogP contribution in [0.1, 0.15) is 35.1 Å². The SMILES string of the molecule is CCC(/C=C1\Sc2ccc(-c3ccccc3)cc2N1CCS(=O)(=O)O)=C\c1sc2ccc(C(=O)O)cc2[n+]1CCCS(=O)(=O)O. The van der Waals surface area contributed by atoms with Gasteiger partial charge >= 0.3 is 5.97 Å². The summed E-state index contributed by atoms with van der Waals surface area (Å²) in [6.07, 6.45) is 4.63. The third-order valence-electron chi connectivity index (χ3n) is 7.20. The molecule has 10 nitrogen and oxygen atoms in total. The van der Waals surface area contributed by atoms with Crippen LogP contribution in [-0.2, 0) is 26.8 Å². The van der Waals surface area contributed by atoms with Crippen LogP contribution in [0.4, 0.5) is 5.69 Å². The predicted molar refractivity (Wildman–Crippen MR) is 178 cm³/mol. The number of carboxylic acids is 1. The lowest BCUT2D eigenvalue weighted by molar-refractivity contribution is -0.668. The molecule has 0 saturated heterocycles. The first-order chi connectivity index (χ1) is 21.3. The molecule has 45 heavy (non-hydrogen) atoms. The van der Waals surface area contributed by atoms with Crippen LogP contribution in [0.3, 0.4) is 0 Å². The Balaban J connectivity index is 1.56. The quantitative estimate of drug-likeness (QED) is 0.120. The van der Waals surface area contributed by atoms with Crippen LogP contribution in [0.5, 0.6) is 0 Å². The highest BCUT2D eigenvalue weighted by atomic mass is 32.2. The molecule has 14 heteroatoms. The number of anilines is 1. The molecule has 0 bridgehead atoms. The van der Waals surface area contributed by atoms with E-state index in [1.54, 1.807) is 12.1 Å². The van der Waals surface area contributed by atoms with Crippen LogP contribution in [0.2, 0.25) is 0 Å². The van der Waals surface area contributed by atoms with Gasteiger partial charge in [0, 0.05) is 30.0 Å². The van der Waals surface area contributed by atoms with Crippen LogP contribution < -0.4 is 9.47 Å². The molecular weight excluding hydrogens is 657 g/mol. The molecule has 1 aliphatic rings. The average Bonchev–Trinajstić information content (AvgIpc) is 3.51. The van der Waals surface area contributed by atoms with Crippen molar-refractivity contribution in [3.63, 3.8) is 0 Å². The lowest BCUT2D eigenvalue weighted by atomic mass is 10.0. The average molecular weight is 688 g/mol. The summed E-state index contributed by atoms with van der Waals surface area (Å²) < 4.78 is 67.8. The second-order valence-corrected chi connectivity index (χ2v) is 15.6. The zero-order valence-corrected chi connectivity index (χ0v) is 27.4. The highest BCUT2D eigenvalue weighted by Gasteiger charge is 2.28. The van der Waals surface area contributed by atoms with Gasteiger partial charge in [-0.1, -0.05) is 66.4 Å². The molecule has 0 spiro atoms. The Labute approximate surface area is 269 Å². The monoisotopic (exact) mass is 687 g/mol. The summed E-state index contributed by atoms with van der Waals surface area (Å²) in [4.78, 5) is 14.5. The van der Waals surface area contributed by atoms with Gasteiger partial charge in [-0.3, -0.25) is 9.11 Å². The highest BCUT2D eigenvalue weighted by molar-refractivity contribution is 8.03. The standard InChI is InChI=1S/C31H30N2O8S4/c1-2-21(17-29-32(13-6-15-44(36,37)38)26-20-24(31(34)35)10-12-28(26)42-29)18-30-33(14-16-45(39,40)41)25-19-23(9-11-27(25)43-30)22-7-4-3-5-8-22/h3-5,7-12,17-20H,2,6,13-16H2,1H3,(H2-,34,35,36,37,38,39,40,41)/p+1. The molecule has 1 aromatic heterocycles. The normalized spacial score (nSPS) is 14.8. The molecule has 0 saturated carbocycles.